The summed E-state index contributed by atoms with van der Waals surface area (Å²) in [7, 11) is 0. The van der Waals surface area contributed by atoms with Crippen LogP contribution in [0.15, 0.2) is 30.3 Å². The van der Waals surface area contributed by atoms with E-state index in [2.05, 4.69) is 0 Å². The quantitative estimate of drug-likeness (QED) is 0.862. The molecule has 7 heteroatoms. The van der Waals surface area contributed by atoms with Gasteiger partial charge in [0.2, 0.25) is 5.91 Å². The molecule has 1 aromatic rings. The Kier molecular flexibility index (Phi) is 4.17. The van der Waals surface area contributed by atoms with E-state index in [0.717, 1.165) is 5.56 Å². The minimum absolute atomic E-state index is 0.174. The molecule has 2 bridgehead atoms. The smallest absolute Gasteiger partial charge is 0.411 e. The zero-order valence-electron chi connectivity index (χ0n) is 16.4. The van der Waals surface area contributed by atoms with Crippen molar-refractivity contribution in [3.8, 4) is 0 Å². The van der Waals surface area contributed by atoms with Crippen LogP contribution in [0.2, 0.25) is 0 Å². The number of benzene rings is 1. The molecule has 0 aliphatic carbocycles. The Balaban J connectivity index is 1.68. The normalized spacial score (nSPS) is 31.2. The van der Waals surface area contributed by atoms with Crippen molar-refractivity contribution in [2.45, 2.75) is 57.3 Å². The number of carbonyl (C=O) groups excluding carboxylic acids is 2. The summed E-state index contributed by atoms with van der Waals surface area (Å²) in [6.07, 6.45) is 0.694. The lowest BCUT2D eigenvalue weighted by Gasteiger charge is -2.35. The predicted molar refractivity (Wildman–Crippen MR) is 100 cm³/mol. The first-order valence-corrected chi connectivity index (χ1v) is 9.72. The fourth-order valence-electron chi connectivity index (χ4n) is 5.29. The molecule has 1 spiro atoms. The third kappa shape index (κ3) is 2.75. The maximum atomic E-state index is 13.2. The highest BCUT2D eigenvalue weighted by molar-refractivity contribution is 5.92. The molecule has 0 radical (unpaired) electrons. The molecule has 1 aromatic carbocycles. The number of carboxylic acids is 1. The molecule has 2 amide bonds. The van der Waals surface area contributed by atoms with E-state index in [1.165, 1.54) is 0 Å². The van der Waals surface area contributed by atoms with Gasteiger partial charge in [-0.25, -0.2) is 4.79 Å². The molecule has 4 atom stereocenters. The SMILES string of the molecule is CC(C)(C)OC(=O)N1[C@H]2CC[C@@]13CN(Cc1ccccc1)C(=O)[C@H]3[C@@H]2C(=O)O. The van der Waals surface area contributed by atoms with E-state index >= 15 is 0 Å². The van der Waals surface area contributed by atoms with Gasteiger partial charge in [-0.05, 0) is 39.2 Å². The van der Waals surface area contributed by atoms with Gasteiger partial charge in [0.15, 0.2) is 0 Å². The molecule has 3 fully saturated rings. The van der Waals surface area contributed by atoms with Gasteiger partial charge in [-0.1, -0.05) is 30.3 Å². The van der Waals surface area contributed by atoms with Gasteiger partial charge in [0.1, 0.15) is 5.60 Å². The number of carbonyl (C=O) groups is 3. The third-order valence-corrected chi connectivity index (χ3v) is 6.17. The molecule has 7 nitrogen and oxygen atoms in total. The van der Waals surface area contributed by atoms with Gasteiger partial charge in [-0.2, -0.15) is 0 Å². The van der Waals surface area contributed by atoms with E-state index in [9.17, 15) is 19.5 Å². The summed E-state index contributed by atoms with van der Waals surface area (Å²) < 4.78 is 5.59. The molecule has 150 valence electrons. The van der Waals surface area contributed by atoms with Gasteiger partial charge in [-0.15, -0.1) is 0 Å². The second-order valence-corrected chi connectivity index (χ2v) is 9.08. The predicted octanol–water partition coefficient (Wildman–Crippen LogP) is 2.50. The summed E-state index contributed by atoms with van der Waals surface area (Å²) in [5.74, 6) is -2.78. The summed E-state index contributed by atoms with van der Waals surface area (Å²) in [6.45, 7) is 6.12. The van der Waals surface area contributed by atoms with E-state index in [1.807, 2.05) is 30.3 Å². The number of rotatable bonds is 3. The first-order valence-electron chi connectivity index (χ1n) is 9.72. The van der Waals surface area contributed by atoms with Crippen molar-refractivity contribution >= 4 is 18.0 Å². The summed E-state index contributed by atoms with van der Waals surface area (Å²) in [6, 6.07) is 9.13. The number of ether oxygens (including phenoxy) is 1. The third-order valence-electron chi connectivity index (χ3n) is 6.17. The number of likely N-dealkylation sites (tertiary alicyclic amines) is 1. The van der Waals surface area contributed by atoms with Crippen LogP contribution in [0.5, 0.6) is 0 Å². The number of fused-ring (bicyclic) bond motifs is 1. The van der Waals surface area contributed by atoms with Crippen LogP contribution in [0, 0.1) is 11.8 Å². The van der Waals surface area contributed by atoms with Crippen molar-refractivity contribution < 1.29 is 24.2 Å². The largest absolute Gasteiger partial charge is 0.481 e. The molecule has 3 heterocycles. The minimum atomic E-state index is -1.01. The molecule has 1 N–H and O–H groups in total. The molecule has 28 heavy (non-hydrogen) atoms. The average molecular weight is 386 g/mol. The highest BCUT2D eigenvalue weighted by Crippen LogP contribution is 2.57. The summed E-state index contributed by atoms with van der Waals surface area (Å²) >= 11 is 0. The van der Waals surface area contributed by atoms with Gasteiger partial charge in [0.25, 0.3) is 0 Å². The Bertz CT molecular complexity index is 818. The number of nitrogens with zero attached hydrogens (tertiary/aromatic N) is 2. The zero-order chi connectivity index (χ0) is 20.3. The summed E-state index contributed by atoms with van der Waals surface area (Å²) in [5.41, 5.74) is -0.490. The Labute approximate surface area is 164 Å². The monoisotopic (exact) mass is 386 g/mol. The minimum Gasteiger partial charge on any atom is -0.481 e. The first kappa shape index (κ1) is 18.8. The number of aliphatic carboxylic acids is 1. The van der Waals surface area contributed by atoms with Crippen molar-refractivity contribution in [1.29, 1.82) is 0 Å². The molecule has 4 rings (SSSR count). The molecule has 3 aliphatic heterocycles. The Hall–Kier alpha value is -2.57. The number of hydrogen-bond acceptors (Lipinski definition) is 4. The molecule has 3 aliphatic rings. The standard InChI is InChI=1S/C21H26N2O5/c1-20(2,3)28-19(27)23-14-9-10-21(23)12-22(11-13-7-5-4-6-8-13)17(24)16(21)15(14)18(25)26/h4-8,14-16H,9-12H2,1-3H3,(H,25,26)/t14-,15+,16+,21-/m0/s1. The van der Waals surface area contributed by atoms with Crippen LogP contribution in [0.1, 0.15) is 39.2 Å². The van der Waals surface area contributed by atoms with E-state index in [4.69, 9.17) is 4.74 Å². The number of hydrogen-bond donors (Lipinski definition) is 1. The number of carboxylic acid groups (broad SMARTS) is 1. The lowest BCUT2D eigenvalue weighted by Crippen LogP contribution is -2.51. The Morgan fingerprint density at radius 1 is 1.25 bits per heavy atom. The maximum absolute atomic E-state index is 13.2. The van der Waals surface area contributed by atoms with Gasteiger partial charge < -0.3 is 14.7 Å². The van der Waals surface area contributed by atoms with E-state index < -0.39 is 41.1 Å². The molecular weight excluding hydrogens is 360 g/mol. The fourth-order valence-corrected chi connectivity index (χ4v) is 5.29. The highest BCUT2D eigenvalue weighted by Gasteiger charge is 2.73. The number of amides is 2. The second-order valence-electron chi connectivity index (χ2n) is 9.08. The zero-order valence-corrected chi connectivity index (χ0v) is 16.4. The van der Waals surface area contributed by atoms with Crippen LogP contribution in [-0.2, 0) is 20.9 Å². The van der Waals surface area contributed by atoms with Crippen LogP contribution in [-0.4, -0.2) is 56.6 Å². The van der Waals surface area contributed by atoms with Crippen LogP contribution in [0.3, 0.4) is 0 Å². The van der Waals surface area contributed by atoms with E-state index in [0.29, 0.717) is 25.9 Å². The van der Waals surface area contributed by atoms with Crippen molar-refractivity contribution in [2.24, 2.45) is 11.8 Å². The Morgan fingerprint density at radius 2 is 1.93 bits per heavy atom. The fraction of sp³-hybridized carbons (Fsp3) is 0.571. The van der Waals surface area contributed by atoms with Crippen molar-refractivity contribution in [2.75, 3.05) is 6.54 Å². The van der Waals surface area contributed by atoms with Crippen LogP contribution in [0.4, 0.5) is 4.79 Å². The topological polar surface area (TPSA) is 87.2 Å². The van der Waals surface area contributed by atoms with Crippen molar-refractivity contribution in [3.05, 3.63) is 35.9 Å². The molecular formula is C21H26N2O5. The van der Waals surface area contributed by atoms with Crippen LogP contribution >= 0.6 is 0 Å². The van der Waals surface area contributed by atoms with Crippen molar-refractivity contribution in [1.82, 2.24) is 9.80 Å². The van der Waals surface area contributed by atoms with E-state index in [-0.39, 0.29) is 5.91 Å². The molecule has 0 aromatic heterocycles. The first-order chi connectivity index (χ1) is 13.1. The molecule has 3 saturated heterocycles. The van der Waals surface area contributed by atoms with Gasteiger partial charge in [-0.3, -0.25) is 14.5 Å². The lowest BCUT2D eigenvalue weighted by molar-refractivity contribution is -0.148. The molecule has 0 unspecified atom stereocenters. The average Bonchev–Trinajstić information content (AvgIpc) is 3.19. The van der Waals surface area contributed by atoms with Gasteiger partial charge in [0.05, 0.1) is 17.4 Å². The Morgan fingerprint density at radius 3 is 2.54 bits per heavy atom. The summed E-state index contributed by atoms with van der Waals surface area (Å²) in [5, 5.41) is 9.86. The van der Waals surface area contributed by atoms with Crippen LogP contribution < -0.4 is 0 Å². The maximum Gasteiger partial charge on any atom is 0.411 e. The lowest BCUT2D eigenvalue weighted by atomic mass is 9.73. The second kappa shape index (κ2) is 6.22. The van der Waals surface area contributed by atoms with Crippen molar-refractivity contribution in [3.63, 3.8) is 0 Å². The summed E-state index contributed by atoms with van der Waals surface area (Å²) in [4.78, 5) is 41.5. The molecule has 0 saturated carbocycles. The van der Waals surface area contributed by atoms with E-state index in [1.54, 1.807) is 30.6 Å². The van der Waals surface area contributed by atoms with Gasteiger partial charge >= 0.3 is 12.1 Å². The highest BCUT2D eigenvalue weighted by atomic mass is 16.6. The van der Waals surface area contributed by atoms with Gasteiger partial charge in [0, 0.05) is 19.1 Å². The van der Waals surface area contributed by atoms with Crippen LogP contribution in [0.25, 0.3) is 0 Å².